The molecule has 0 aliphatic heterocycles. The molecular formula is C14H12Cl2N4. The van der Waals surface area contributed by atoms with Crippen LogP contribution in [-0.2, 0) is 0 Å². The molecule has 0 aliphatic carbocycles. The number of hydrogen-bond acceptors (Lipinski definition) is 2. The summed E-state index contributed by atoms with van der Waals surface area (Å²) in [6.45, 7) is 0. The highest BCUT2D eigenvalue weighted by Gasteiger charge is 2.08. The van der Waals surface area contributed by atoms with Crippen LogP contribution >= 0.6 is 23.2 Å². The van der Waals surface area contributed by atoms with E-state index in [4.69, 9.17) is 34.3 Å². The highest BCUT2D eigenvalue weighted by molar-refractivity contribution is 6.38. The lowest BCUT2D eigenvalue weighted by Gasteiger charge is -2.16. The number of rotatable bonds is 3. The van der Waals surface area contributed by atoms with Gasteiger partial charge in [0.25, 0.3) is 0 Å². The molecule has 0 saturated carbocycles. The van der Waals surface area contributed by atoms with Crippen LogP contribution < -0.4 is 10.7 Å². The van der Waals surface area contributed by atoms with E-state index in [1.54, 1.807) is 30.3 Å². The molecule has 0 saturated heterocycles. The minimum atomic E-state index is -0.198. The van der Waals surface area contributed by atoms with Gasteiger partial charge in [0.1, 0.15) is 0 Å². The molecule has 2 aromatic carbocycles. The molecule has 102 valence electrons. The number of hydrazone groups is 1. The molecule has 0 amide bonds. The summed E-state index contributed by atoms with van der Waals surface area (Å²) >= 11 is 12.1. The van der Waals surface area contributed by atoms with Gasteiger partial charge >= 0.3 is 0 Å². The van der Waals surface area contributed by atoms with Crippen LogP contribution in [0, 0.1) is 5.41 Å². The quantitative estimate of drug-likeness (QED) is 0.515. The average molecular weight is 307 g/mol. The van der Waals surface area contributed by atoms with Crippen LogP contribution in [0.5, 0.6) is 0 Å². The molecule has 0 radical (unpaired) electrons. The number of nitrogens with one attached hydrogen (secondary N) is 1. The first-order chi connectivity index (χ1) is 9.59. The first kappa shape index (κ1) is 14.4. The molecular weight excluding hydrogens is 295 g/mol. The van der Waals surface area contributed by atoms with Crippen molar-refractivity contribution >= 4 is 41.1 Å². The van der Waals surface area contributed by atoms with Gasteiger partial charge in [-0.3, -0.25) is 5.41 Å². The smallest absolute Gasteiger partial charge is 0.214 e. The zero-order valence-electron chi connectivity index (χ0n) is 10.4. The minimum Gasteiger partial charge on any atom is -0.368 e. The Morgan fingerprint density at radius 3 is 2.20 bits per heavy atom. The molecule has 2 aromatic rings. The Morgan fingerprint density at radius 2 is 1.65 bits per heavy atom. The third-order valence-corrected chi connectivity index (χ3v) is 3.19. The topological polar surface area (TPSA) is 65.5 Å². The summed E-state index contributed by atoms with van der Waals surface area (Å²) in [6, 6.07) is 14.3. The fourth-order valence-electron chi connectivity index (χ4n) is 1.59. The van der Waals surface area contributed by atoms with Crippen LogP contribution in [0.1, 0.15) is 5.56 Å². The lowest BCUT2D eigenvalue weighted by Crippen LogP contribution is -2.32. The molecule has 3 N–H and O–H groups in total. The van der Waals surface area contributed by atoms with Gasteiger partial charge < -0.3 is 5.73 Å². The van der Waals surface area contributed by atoms with E-state index in [9.17, 15) is 0 Å². The van der Waals surface area contributed by atoms with Crippen LogP contribution in [0.2, 0.25) is 10.0 Å². The molecule has 2 rings (SSSR count). The van der Waals surface area contributed by atoms with Crippen molar-refractivity contribution in [1.82, 2.24) is 0 Å². The molecule has 0 fully saturated rings. The highest BCUT2D eigenvalue weighted by atomic mass is 35.5. The lowest BCUT2D eigenvalue weighted by atomic mass is 10.2. The summed E-state index contributed by atoms with van der Waals surface area (Å²) in [5, 5.41) is 14.0. The number of para-hydroxylation sites is 1. The Morgan fingerprint density at radius 1 is 1.05 bits per heavy atom. The fourth-order valence-corrected chi connectivity index (χ4v) is 2.08. The Balaban J connectivity index is 2.34. The average Bonchev–Trinajstić information content (AvgIpc) is 2.43. The van der Waals surface area contributed by atoms with Crippen molar-refractivity contribution in [2.45, 2.75) is 0 Å². The predicted molar refractivity (Wildman–Crippen MR) is 84.9 cm³/mol. The number of halogens is 2. The highest BCUT2D eigenvalue weighted by Crippen LogP contribution is 2.22. The molecule has 0 bridgehead atoms. The van der Waals surface area contributed by atoms with Crippen LogP contribution in [0.15, 0.2) is 53.6 Å². The van der Waals surface area contributed by atoms with Gasteiger partial charge in [0.05, 0.1) is 21.9 Å². The Bertz CT molecular complexity index is 621. The second-order valence-electron chi connectivity index (χ2n) is 3.91. The summed E-state index contributed by atoms with van der Waals surface area (Å²) in [5.74, 6) is -0.198. The fraction of sp³-hybridized carbons (Fsp3) is 0. The molecule has 0 aliphatic rings. The molecule has 0 unspecified atom stereocenters. The maximum atomic E-state index is 7.59. The molecule has 20 heavy (non-hydrogen) atoms. The normalized spacial score (nSPS) is 10.7. The summed E-state index contributed by atoms with van der Waals surface area (Å²) in [4.78, 5) is 0. The number of guanidine groups is 1. The van der Waals surface area contributed by atoms with Gasteiger partial charge in [-0.15, -0.1) is 0 Å². The van der Waals surface area contributed by atoms with Gasteiger partial charge in [-0.05, 0) is 24.3 Å². The third kappa shape index (κ3) is 3.29. The molecule has 0 aromatic heterocycles. The van der Waals surface area contributed by atoms with Crippen molar-refractivity contribution in [3.05, 3.63) is 64.1 Å². The predicted octanol–water partition coefficient (Wildman–Crippen LogP) is 3.73. The number of anilines is 1. The molecule has 0 heterocycles. The van der Waals surface area contributed by atoms with E-state index in [1.165, 1.54) is 11.2 Å². The van der Waals surface area contributed by atoms with Gasteiger partial charge in [0.15, 0.2) is 0 Å². The Kier molecular flexibility index (Phi) is 4.61. The SMILES string of the molecule is N=C(N)N(/N=C/c1c(Cl)cccc1Cl)c1ccccc1. The second kappa shape index (κ2) is 6.41. The molecule has 0 atom stereocenters. The van der Waals surface area contributed by atoms with Crippen LogP contribution in [0.3, 0.4) is 0 Å². The summed E-state index contributed by atoms with van der Waals surface area (Å²) in [7, 11) is 0. The number of hydrogen-bond donors (Lipinski definition) is 2. The van der Waals surface area contributed by atoms with Gasteiger partial charge in [0.2, 0.25) is 5.96 Å². The largest absolute Gasteiger partial charge is 0.368 e. The minimum absolute atomic E-state index is 0.198. The lowest BCUT2D eigenvalue weighted by molar-refractivity contribution is 1.10. The van der Waals surface area contributed by atoms with Crippen molar-refractivity contribution in [3.8, 4) is 0 Å². The van der Waals surface area contributed by atoms with Gasteiger partial charge in [0, 0.05) is 5.56 Å². The first-order valence-corrected chi connectivity index (χ1v) is 6.52. The molecule has 6 heteroatoms. The van der Waals surface area contributed by atoms with E-state index < -0.39 is 0 Å². The van der Waals surface area contributed by atoms with Gasteiger partial charge in [-0.2, -0.15) is 5.10 Å². The third-order valence-electron chi connectivity index (χ3n) is 2.53. The maximum Gasteiger partial charge on any atom is 0.214 e. The van der Waals surface area contributed by atoms with Crippen LogP contribution in [-0.4, -0.2) is 12.2 Å². The first-order valence-electron chi connectivity index (χ1n) is 5.77. The zero-order chi connectivity index (χ0) is 14.5. The van der Waals surface area contributed by atoms with E-state index >= 15 is 0 Å². The van der Waals surface area contributed by atoms with E-state index in [0.29, 0.717) is 21.3 Å². The van der Waals surface area contributed by atoms with Crippen molar-refractivity contribution in [1.29, 1.82) is 5.41 Å². The maximum absolute atomic E-state index is 7.59. The number of benzene rings is 2. The molecule has 0 spiro atoms. The molecule has 4 nitrogen and oxygen atoms in total. The van der Waals surface area contributed by atoms with E-state index in [1.807, 2.05) is 18.2 Å². The monoisotopic (exact) mass is 306 g/mol. The van der Waals surface area contributed by atoms with Gasteiger partial charge in [-0.25, -0.2) is 5.01 Å². The standard InChI is InChI=1S/C14H12Cl2N4/c15-12-7-4-8-13(16)11(12)9-19-20(14(17)18)10-5-2-1-3-6-10/h1-9H,(H3,17,18)/b19-9+. The van der Waals surface area contributed by atoms with E-state index in [0.717, 1.165) is 0 Å². The summed E-state index contributed by atoms with van der Waals surface area (Å²) in [6.07, 6.45) is 1.49. The second-order valence-corrected chi connectivity index (χ2v) is 4.73. The van der Waals surface area contributed by atoms with Crippen molar-refractivity contribution in [2.24, 2.45) is 10.8 Å². The van der Waals surface area contributed by atoms with E-state index in [-0.39, 0.29) is 5.96 Å². The van der Waals surface area contributed by atoms with Crippen molar-refractivity contribution < 1.29 is 0 Å². The summed E-state index contributed by atoms with van der Waals surface area (Å²) in [5.41, 5.74) is 6.80. The zero-order valence-corrected chi connectivity index (χ0v) is 11.9. The Labute approximate surface area is 126 Å². The number of nitrogens with two attached hydrogens (primary N) is 1. The van der Waals surface area contributed by atoms with Gasteiger partial charge in [-0.1, -0.05) is 47.5 Å². The Hall–Kier alpha value is -2.04. The van der Waals surface area contributed by atoms with Crippen LogP contribution in [0.4, 0.5) is 5.69 Å². The van der Waals surface area contributed by atoms with Crippen molar-refractivity contribution in [2.75, 3.05) is 5.01 Å². The van der Waals surface area contributed by atoms with Crippen molar-refractivity contribution in [3.63, 3.8) is 0 Å². The number of nitrogens with zero attached hydrogens (tertiary/aromatic N) is 2. The van der Waals surface area contributed by atoms with E-state index in [2.05, 4.69) is 5.10 Å². The van der Waals surface area contributed by atoms with Crippen LogP contribution in [0.25, 0.3) is 0 Å². The summed E-state index contributed by atoms with van der Waals surface area (Å²) < 4.78 is 0.